The number of thiocarbonyl (C=S) groups is 1. The molecule has 120 valence electrons. The summed E-state index contributed by atoms with van der Waals surface area (Å²) in [5, 5.41) is 3.99. The van der Waals surface area contributed by atoms with Crippen LogP contribution in [0.4, 0.5) is 5.69 Å². The van der Waals surface area contributed by atoms with Crippen LogP contribution in [0.1, 0.15) is 25.0 Å². The SMILES string of the molecule is S=C(Nc1cccnc1)N(Cc1ccco1)C[C@H]1CC=CCC1. The predicted molar refractivity (Wildman–Crippen MR) is 96.1 cm³/mol. The van der Waals surface area contributed by atoms with Crippen LogP contribution in [0.5, 0.6) is 0 Å². The molecule has 2 aromatic heterocycles. The molecule has 3 rings (SSSR count). The van der Waals surface area contributed by atoms with E-state index in [1.807, 2.05) is 24.3 Å². The highest BCUT2D eigenvalue weighted by atomic mass is 32.1. The van der Waals surface area contributed by atoms with Gasteiger partial charge in [-0.3, -0.25) is 4.98 Å². The summed E-state index contributed by atoms with van der Waals surface area (Å²) in [6.45, 7) is 1.61. The second kappa shape index (κ2) is 7.92. The highest BCUT2D eigenvalue weighted by Gasteiger charge is 2.18. The number of pyridine rings is 1. The van der Waals surface area contributed by atoms with Crippen LogP contribution in [0, 0.1) is 5.92 Å². The normalized spacial score (nSPS) is 17.0. The Morgan fingerprint density at radius 2 is 2.30 bits per heavy atom. The summed E-state index contributed by atoms with van der Waals surface area (Å²) in [5.74, 6) is 1.55. The minimum atomic E-state index is 0.628. The number of nitrogens with one attached hydrogen (secondary N) is 1. The lowest BCUT2D eigenvalue weighted by molar-refractivity contribution is 0.298. The summed E-state index contributed by atoms with van der Waals surface area (Å²) in [4.78, 5) is 6.31. The summed E-state index contributed by atoms with van der Waals surface area (Å²) < 4.78 is 5.50. The molecule has 0 fully saturated rings. The van der Waals surface area contributed by atoms with Gasteiger partial charge in [-0.05, 0) is 61.7 Å². The number of rotatable bonds is 5. The number of hydrogen-bond donors (Lipinski definition) is 1. The predicted octanol–water partition coefficient (Wildman–Crippen LogP) is 4.23. The van der Waals surface area contributed by atoms with Gasteiger partial charge in [-0.2, -0.15) is 0 Å². The van der Waals surface area contributed by atoms with Gasteiger partial charge in [0.2, 0.25) is 0 Å². The zero-order valence-corrected chi connectivity index (χ0v) is 13.8. The first-order chi connectivity index (χ1) is 11.3. The van der Waals surface area contributed by atoms with Gasteiger partial charge in [0, 0.05) is 12.7 Å². The Morgan fingerprint density at radius 3 is 3.00 bits per heavy atom. The Kier molecular flexibility index (Phi) is 5.42. The van der Waals surface area contributed by atoms with Gasteiger partial charge in [0.25, 0.3) is 0 Å². The van der Waals surface area contributed by atoms with Crippen LogP contribution in [0.2, 0.25) is 0 Å². The van der Waals surface area contributed by atoms with Gasteiger partial charge in [-0.15, -0.1) is 0 Å². The van der Waals surface area contributed by atoms with E-state index < -0.39 is 0 Å². The maximum atomic E-state index is 5.63. The monoisotopic (exact) mass is 327 g/mol. The van der Waals surface area contributed by atoms with Crippen LogP contribution < -0.4 is 5.32 Å². The molecule has 0 aliphatic heterocycles. The fourth-order valence-electron chi connectivity index (χ4n) is 2.78. The van der Waals surface area contributed by atoms with E-state index in [2.05, 4.69) is 27.4 Å². The number of anilines is 1. The van der Waals surface area contributed by atoms with E-state index in [4.69, 9.17) is 16.6 Å². The lowest BCUT2D eigenvalue weighted by atomic mass is 9.94. The second-order valence-corrected chi connectivity index (χ2v) is 6.17. The molecule has 1 aliphatic carbocycles. The van der Waals surface area contributed by atoms with E-state index >= 15 is 0 Å². The molecule has 0 radical (unpaired) electrons. The molecule has 0 unspecified atom stereocenters. The van der Waals surface area contributed by atoms with Gasteiger partial charge in [0.1, 0.15) is 5.76 Å². The highest BCUT2D eigenvalue weighted by Crippen LogP contribution is 2.21. The molecule has 2 heterocycles. The van der Waals surface area contributed by atoms with Crippen molar-refractivity contribution in [1.82, 2.24) is 9.88 Å². The van der Waals surface area contributed by atoms with Crippen LogP contribution in [0.25, 0.3) is 0 Å². The lowest BCUT2D eigenvalue weighted by Crippen LogP contribution is -2.38. The summed E-state index contributed by atoms with van der Waals surface area (Å²) in [7, 11) is 0. The number of allylic oxidation sites excluding steroid dienone is 2. The molecule has 1 N–H and O–H groups in total. The minimum absolute atomic E-state index is 0.628. The molecule has 0 saturated carbocycles. The molecule has 5 heteroatoms. The van der Waals surface area contributed by atoms with Crippen molar-refractivity contribution in [1.29, 1.82) is 0 Å². The molecule has 2 aromatic rings. The fourth-order valence-corrected chi connectivity index (χ4v) is 3.04. The van der Waals surface area contributed by atoms with Gasteiger partial charge in [0.05, 0.1) is 24.7 Å². The molecular weight excluding hydrogens is 306 g/mol. The van der Waals surface area contributed by atoms with Crippen molar-refractivity contribution in [2.75, 3.05) is 11.9 Å². The standard InChI is InChI=1S/C18H21N3OS/c23-18(20-16-8-4-10-19-12-16)21(14-17-9-5-11-22-17)13-15-6-2-1-3-7-15/h1-2,4-5,8-12,15H,3,6-7,13-14H2,(H,20,23)/t15-/m0/s1. The molecule has 0 saturated heterocycles. The maximum Gasteiger partial charge on any atom is 0.173 e. The average molecular weight is 327 g/mol. The molecule has 0 bridgehead atoms. The van der Waals surface area contributed by atoms with E-state index in [9.17, 15) is 0 Å². The van der Waals surface area contributed by atoms with Gasteiger partial charge in [0.15, 0.2) is 5.11 Å². The Morgan fingerprint density at radius 1 is 1.35 bits per heavy atom. The number of aromatic nitrogens is 1. The maximum absolute atomic E-state index is 5.63. The van der Waals surface area contributed by atoms with Crippen molar-refractivity contribution in [2.45, 2.75) is 25.8 Å². The van der Waals surface area contributed by atoms with E-state index in [1.165, 1.54) is 6.42 Å². The first kappa shape index (κ1) is 15.7. The Hall–Kier alpha value is -2.14. The zero-order valence-electron chi connectivity index (χ0n) is 13.0. The van der Waals surface area contributed by atoms with E-state index in [0.717, 1.165) is 30.8 Å². The largest absolute Gasteiger partial charge is 0.467 e. The lowest BCUT2D eigenvalue weighted by Gasteiger charge is -2.30. The Labute approximate surface area is 142 Å². The quantitative estimate of drug-likeness (QED) is 0.657. The smallest absolute Gasteiger partial charge is 0.173 e. The topological polar surface area (TPSA) is 41.3 Å². The van der Waals surface area contributed by atoms with Gasteiger partial charge in [-0.1, -0.05) is 12.2 Å². The first-order valence-corrected chi connectivity index (χ1v) is 8.35. The molecule has 23 heavy (non-hydrogen) atoms. The van der Waals surface area contributed by atoms with Crippen LogP contribution in [-0.2, 0) is 6.54 Å². The van der Waals surface area contributed by atoms with E-state index in [0.29, 0.717) is 17.6 Å². The first-order valence-electron chi connectivity index (χ1n) is 7.94. The van der Waals surface area contributed by atoms with Crippen molar-refractivity contribution in [3.8, 4) is 0 Å². The zero-order chi connectivity index (χ0) is 15.9. The molecular formula is C18H21N3OS. The molecule has 1 atom stereocenters. The van der Waals surface area contributed by atoms with Crippen LogP contribution in [0.3, 0.4) is 0 Å². The fraction of sp³-hybridized carbons (Fsp3) is 0.333. The number of nitrogens with zero attached hydrogens (tertiary/aromatic N) is 2. The highest BCUT2D eigenvalue weighted by molar-refractivity contribution is 7.80. The summed E-state index contributed by atoms with van der Waals surface area (Å²) in [6.07, 6.45) is 13.3. The second-order valence-electron chi connectivity index (χ2n) is 5.78. The third-order valence-electron chi connectivity index (χ3n) is 3.98. The third-order valence-corrected chi connectivity index (χ3v) is 4.34. The molecule has 1 aliphatic rings. The summed E-state index contributed by atoms with van der Waals surface area (Å²) >= 11 is 5.63. The van der Waals surface area contributed by atoms with Gasteiger partial charge >= 0.3 is 0 Å². The molecule has 4 nitrogen and oxygen atoms in total. The Balaban J connectivity index is 1.68. The van der Waals surface area contributed by atoms with Crippen molar-refractivity contribution in [3.63, 3.8) is 0 Å². The van der Waals surface area contributed by atoms with Crippen molar-refractivity contribution in [3.05, 3.63) is 60.8 Å². The van der Waals surface area contributed by atoms with Crippen molar-refractivity contribution >= 4 is 23.0 Å². The van der Waals surface area contributed by atoms with Crippen molar-refractivity contribution in [2.24, 2.45) is 5.92 Å². The van der Waals surface area contributed by atoms with Crippen molar-refractivity contribution < 1.29 is 4.42 Å². The molecule has 0 aromatic carbocycles. The number of furan rings is 1. The molecule has 0 spiro atoms. The molecule has 0 amide bonds. The van der Waals surface area contributed by atoms with Crippen LogP contribution in [0.15, 0.2) is 59.5 Å². The van der Waals surface area contributed by atoms with E-state index in [1.54, 1.807) is 18.7 Å². The minimum Gasteiger partial charge on any atom is -0.467 e. The Bertz CT molecular complexity index is 640. The van der Waals surface area contributed by atoms with Gasteiger partial charge < -0.3 is 14.6 Å². The van der Waals surface area contributed by atoms with Gasteiger partial charge in [-0.25, -0.2) is 0 Å². The van der Waals surface area contributed by atoms with Crippen LogP contribution >= 0.6 is 12.2 Å². The van der Waals surface area contributed by atoms with E-state index in [-0.39, 0.29) is 0 Å². The third kappa shape index (κ3) is 4.66. The average Bonchev–Trinajstić information content (AvgIpc) is 3.09. The van der Waals surface area contributed by atoms with Crippen LogP contribution in [-0.4, -0.2) is 21.5 Å². The summed E-state index contributed by atoms with van der Waals surface area (Å²) in [5.41, 5.74) is 0.908. The number of hydrogen-bond acceptors (Lipinski definition) is 3. The summed E-state index contributed by atoms with van der Waals surface area (Å²) in [6, 6.07) is 7.76.